The molecule has 2 N–H and O–H groups in total. The van der Waals surface area contributed by atoms with Crippen molar-refractivity contribution in [3.05, 3.63) is 64.6 Å². The summed E-state index contributed by atoms with van der Waals surface area (Å²) in [6.07, 6.45) is 2.44. The number of hydrogen-bond donors (Lipinski definition) is 2. The van der Waals surface area contributed by atoms with Crippen molar-refractivity contribution in [3.63, 3.8) is 0 Å². The minimum atomic E-state index is -0.203. The predicted molar refractivity (Wildman–Crippen MR) is 103 cm³/mol. The predicted octanol–water partition coefficient (Wildman–Crippen LogP) is 3.76. The van der Waals surface area contributed by atoms with Crippen LogP contribution >= 0.6 is 11.3 Å². The van der Waals surface area contributed by atoms with E-state index >= 15 is 0 Å². The van der Waals surface area contributed by atoms with Crippen molar-refractivity contribution in [3.8, 4) is 10.8 Å². The van der Waals surface area contributed by atoms with Crippen molar-refractivity contribution in [1.82, 2.24) is 15.6 Å². The van der Waals surface area contributed by atoms with Crippen LogP contribution in [-0.4, -0.2) is 24.5 Å². The molecule has 0 saturated heterocycles. The van der Waals surface area contributed by atoms with Crippen LogP contribution in [0.5, 0.6) is 0 Å². The van der Waals surface area contributed by atoms with Gasteiger partial charge in [-0.1, -0.05) is 12.1 Å². The van der Waals surface area contributed by atoms with Gasteiger partial charge in [0.25, 0.3) is 0 Å². The number of benzene rings is 1. The van der Waals surface area contributed by atoms with Crippen molar-refractivity contribution >= 4 is 17.3 Å². The molecule has 0 atom stereocenters. The molecule has 3 rings (SSSR count). The number of aryl methyl sites for hydroxylation is 1. The van der Waals surface area contributed by atoms with Gasteiger partial charge in [0.05, 0.1) is 17.1 Å². The van der Waals surface area contributed by atoms with E-state index in [0.29, 0.717) is 24.9 Å². The van der Waals surface area contributed by atoms with Gasteiger partial charge in [0, 0.05) is 13.6 Å². The Hall–Kier alpha value is -2.67. The monoisotopic (exact) mass is 372 g/mol. The fraction of sp³-hybridized carbons (Fsp3) is 0.263. The molecule has 0 saturated carbocycles. The van der Waals surface area contributed by atoms with E-state index in [1.165, 1.54) is 6.07 Å². The minimum absolute atomic E-state index is 0.203. The zero-order chi connectivity index (χ0) is 18.4. The topological polar surface area (TPSA) is 62.5 Å². The van der Waals surface area contributed by atoms with Crippen LogP contribution in [0, 0.1) is 12.7 Å². The lowest BCUT2D eigenvalue weighted by atomic mass is 10.1. The molecule has 7 heteroatoms. The molecular formula is C19H21FN4OS. The summed E-state index contributed by atoms with van der Waals surface area (Å²) in [5.74, 6) is 1.11. The molecule has 0 radical (unpaired) electrons. The van der Waals surface area contributed by atoms with E-state index in [9.17, 15) is 4.39 Å². The second kappa shape index (κ2) is 8.62. The first-order chi connectivity index (χ1) is 12.7. The number of rotatable bonds is 6. The van der Waals surface area contributed by atoms with Crippen molar-refractivity contribution < 1.29 is 8.81 Å². The summed E-state index contributed by atoms with van der Waals surface area (Å²) >= 11 is 1.59. The fourth-order valence-corrected chi connectivity index (χ4v) is 3.21. The van der Waals surface area contributed by atoms with Gasteiger partial charge in [0.15, 0.2) is 5.96 Å². The van der Waals surface area contributed by atoms with Crippen LogP contribution in [0.1, 0.15) is 16.8 Å². The number of guanidine groups is 1. The van der Waals surface area contributed by atoms with Crippen LogP contribution in [-0.2, 0) is 13.0 Å². The number of aromatic nitrogens is 1. The Labute approximate surface area is 156 Å². The number of oxazole rings is 1. The number of halogens is 1. The molecule has 136 valence electrons. The molecule has 0 fully saturated rings. The average molecular weight is 372 g/mol. The number of hydrogen-bond acceptors (Lipinski definition) is 4. The molecule has 0 spiro atoms. The van der Waals surface area contributed by atoms with Gasteiger partial charge in [0.2, 0.25) is 5.89 Å². The molecule has 0 aliphatic rings. The first-order valence-corrected chi connectivity index (χ1v) is 9.21. The van der Waals surface area contributed by atoms with Gasteiger partial charge in [-0.05, 0) is 48.1 Å². The van der Waals surface area contributed by atoms with Gasteiger partial charge in [-0.3, -0.25) is 4.99 Å². The lowest BCUT2D eigenvalue weighted by Crippen LogP contribution is -2.38. The molecule has 0 bridgehead atoms. The molecule has 0 aliphatic carbocycles. The van der Waals surface area contributed by atoms with Gasteiger partial charge in [-0.15, -0.1) is 11.3 Å². The summed E-state index contributed by atoms with van der Waals surface area (Å²) in [5, 5.41) is 8.46. The maximum absolute atomic E-state index is 13.1. The normalized spacial score (nSPS) is 11.6. The summed E-state index contributed by atoms with van der Waals surface area (Å²) in [5.41, 5.74) is 2.88. The van der Waals surface area contributed by atoms with E-state index in [1.807, 2.05) is 30.5 Å². The van der Waals surface area contributed by atoms with Crippen molar-refractivity contribution in [2.45, 2.75) is 19.9 Å². The molecule has 0 aliphatic heterocycles. The average Bonchev–Trinajstić information content (AvgIpc) is 3.31. The van der Waals surface area contributed by atoms with E-state index in [4.69, 9.17) is 4.42 Å². The van der Waals surface area contributed by atoms with Crippen LogP contribution in [0.3, 0.4) is 0 Å². The van der Waals surface area contributed by atoms with Crippen LogP contribution < -0.4 is 10.6 Å². The molecule has 2 heterocycles. The van der Waals surface area contributed by atoms with E-state index in [2.05, 4.69) is 20.6 Å². The molecule has 26 heavy (non-hydrogen) atoms. The van der Waals surface area contributed by atoms with Crippen molar-refractivity contribution in [1.29, 1.82) is 0 Å². The number of nitrogens with zero attached hydrogens (tertiary/aromatic N) is 2. The van der Waals surface area contributed by atoms with Crippen molar-refractivity contribution in [2.24, 2.45) is 4.99 Å². The Bertz CT molecular complexity index is 874. The van der Waals surface area contributed by atoms with Crippen LogP contribution in [0.15, 0.2) is 51.4 Å². The van der Waals surface area contributed by atoms with E-state index in [-0.39, 0.29) is 5.82 Å². The summed E-state index contributed by atoms with van der Waals surface area (Å²) in [7, 11) is 1.72. The van der Waals surface area contributed by atoms with Gasteiger partial charge in [-0.25, -0.2) is 9.37 Å². The van der Waals surface area contributed by atoms with Crippen LogP contribution in [0.2, 0.25) is 0 Å². The highest BCUT2D eigenvalue weighted by Gasteiger charge is 2.08. The van der Waals surface area contributed by atoms with Gasteiger partial charge < -0.3 is 15.1 Å². The van der Waals surface area contributed by atoms with Crippen LogP contribution in [0.25, 0.3) is 10.8 Å². The highest BCUT2D eigenvalue weighted by atomic mass is 32.1. The van der Waals surface area contributed by atoms with Gasteiger partial charge in [0.1, 0.15) is 12.1 Å². The third-order valence-corrected chi connectivity index (χ3v) is 4.79. The molecule has 0 amide bonds. The van der Waals surface area contributed by atoms with Crippen molar-refractivity contribution in [2.75, 3.05) is 13.6 Å². The largest absolute Gasteiger partial charge is 0.443 e. The summed E-state index contributed by atoms with van der Waals surface area (Å²) in [6, 6.07) is 8.82. The maximum Gasteiger partial charge on any atom is 0.236 e. The number of aliphatic imine (C=N–C) groups is 1. The number of thiophene rings is 1. The lowest BCUT2D eigenvalue weighted by molar-refractivity contribution is 0.573. The number of nitrogens with one attached hydrogen (secondary N) is 2. The summed E-state index contributed by atoms with van der Waals surface area (Å²) < 4.78 is 18.7. The molecule has 5 nitrogen and oxygen atoms in total. The molecule has 2 aromatic heterocycles. The molecule has 1 aromatic carbocycles. The Morgan fingerprint density at radius 2 is 2.19 bits per heavy atom. The Morgan fingerprint density at radius 3 is 2.92 bits per heavy atom. The second-order valence-electron chi connectivity index (χ2n) is 5.79. The smallest absolute Gasteiger partial charge is 0.236 e. The quantitative estimate of drug-likeness (QED) is 0.511. The van der Waals surface area contributed by atoms with Crippen LogP contribution in [0.4, 0.5) is 4.39 Å². The molecular weight excluding hydrogens is 351 g/mol. The second-order valence-corrected chi connectivity index (χ2v) is 6.74. The SMILES string of the molecule is CN=C(NCCc1ccc(F)cc1C)NCc1coc(-c2cccs2)n1. The fourth-order valence-electron chi connectivity index (χ4n) is 2.55. The minimum Gasteiger partial charge on any atom is -0.443 e. The Morgan fingerprint density at radius 1 is 1.31 bits per heavy atom. The highest BCUT2D eigenvalue weighted by Crippen LogP contribution is 2.23. The maximum atomic E-state index is 13.1. The van der Waals surface area contributed by atoms with Gasteiger partial charge >= 0.3 is 0 Å². The Balaban J connectivity index is 1.47. The Kier molecular flexibility index (Phi) is 6.01. The zero-order valence-corrected chi connectivity index (χ0v) is 15.6. The summed E-state index contributed by atoms with van der Waals surface area (Å²) in [4.78, 5) is 9.68. The molecule has 0 unspecified atom stereocenters. The first kappa shape index (κ1) is 18.1. The lowest BCUT2D eigenvalue weighted by Gasteiger charge is -2.11. The zero-order valence-electron chi connectivity index (χ0n) is 14.8. The van der Waals surface area contributed by atoms with E-state index < -0.39 is 0 Å². The summed E-state index contributed by atoms with van der Waals surface area (Å²) in [6.45, 7) is 3.14. The molecule has 3 aromatic rings. The third kappa shape index (κ3) is 4.70. The third-order valence-electron chi connectivity index (χ3n) is 3.94. The highest BCUT2D eigenvalue weighted by molar-refractivity contribution is 7.13. The first-order valence-electron chi connectivity index (χ1n) is 8.33. The van der Waals surface area contributed by atoms with E-state index in [0.717, 1.165) is 28.1 Å². The van der Waals surface area contributed by atoms with Gasteiger partial charge in [-0.2, -0.15) is 0 Å². The van der Waals surface area contributed by atoms with E-state index in [1.54, 1.807) is 30.7 Å². The standard InChI is InChI=1S/C19H21FN4OS/c1-13-10-15(20)6-5-14(13)7-8-22-19(21-2)23-11-16-12-25-18(24-16)17-4-3-9-26-17/h3-6,9-10,12H,7-8,11H2,1-2H3,(H2,21,22,23).